The highest BCUT2D eigenvalue weighted by Gasteiger charge is 2.14. The Bertz CT molecular complexity index is 576. The van der Waals surface area contributed by atoms with E-state index < -0.39 is 0 Å². The smallest absolute Gasteiger partial charge is 0.103 e. The zero-order valence-electron chi connectivity index (χ0n) is 9.74. The number of hydrogen-bond donors (Lipinski definition) is 0. The summed E-state index contributed by atoms with van der Waals surface area (Å²) in [7, 11) is 0. The largest absolute Gasteiger partial charge is 0.235 e. The molecule has 0 aliphatic carbocycles. The molecule has 0 unspecified atom stereocenters. The molecule has 0 radical (unpaired) electrons. The number of nitriles is 1. The van der Waals surface area contributed by atoms with E-state index in [9.17, 15) is 0 Å². The third kappa shape index (κ3) is 2.04. The highest BCUT2D eigenvalue weighted by atomic mass is 35.5. The Morgan fingerprint density at radius 3 is 2.47 bits per heavy atom. The van der Waals surface area contributed by atoms with Crippen molar-refractivity contribution in [1.82, 2.24) is 9.78 Å². The third-order valence-corrected chi connectivity index (χ3v) is 2.93. The summed E-state index contributed by atoms with van der Waals surface area (Å²) in [5.41, 5.74) is 4.14. The van der Waals surface area contributed by atoms with E-state index in [0.717, 1.165) is 11.4 Å². The Balaban J connectivity index is 2.60. The van der Waals surface area contributed by atoms with Crippen molar-refractivity contribution >= 4 is 11.6 Å². The van der Waals surface area contributed by atoms with E-state index in [2.05, 4.69) is 11.2 Å². The lowest BCUT2D eigenvalue weighted by Gasteiger charge is -2.05. The van der Waals surface area contributed by atoms with Crippen molar-refractivity contribution in [2.24, 2.45) is 0 Å². The number of rotatable bonds is 2. The normalized spacial score (nSPS) is 10.2. The van der Waals surface area contributed by atoms with Crippen LogP contribution in [0.2, 0.25) is 0 Å². The molecule has 0 amide bonds. The standard InChI is InChI=1S/C13H12ClN3/c1-9-3-5-11(6-4-9)17-13(7-14)12(8-15)10(2)16-17/h3-6H,7H2,1-2H3. The lowest BCUT2D eigenvalue weighted by atomic mass is 10.2. The SMILES string of the molecule is Cc1ccc(-n2nc(C)c(C#N)c2CCl)cc1. The zero-order valence-corrected chi connectivity index (χ0v) is 10.5. The highest BCUT2D eigenvalue weighted by Crippen LogP contribution is 2.19. The third-order valence-electron chi connectivity index (χ3n) is 2.67. The molecule has 0 aliphatic rings. The van der Waals surface area contributed by atoms with Gasteiger partial charge in [-0.3, -0.25) is 0 Å². The van der Waals surface area contributed by atoms with Gasteiger partial charge in [0, 0.05) is 0 Å². The zero-order chi connectivity index (χ0) is 12.4. The number of alkyl halides is 1. The molecule has 2 aromatic rings. The summed E-state index contributed by atoms with van der Waals surface area (Å²) in [6.45, 7) is 3.85. The van der Waals surface area contributed by atoms with Gasteiger partial charge in [0.15, 0.2) is 0 Å². The summed E-state index contributed by atoms with van der Waals surface area (Å²) < 4.78 is 1.74. The fraction of sp³-hybridized carbons (Fsp3) is 0.231. The van der Waals surface area contributed by atoms with Crippen LogP contribution in [0.25, 0.3) is 5.69 Å². The van der Waals surface area contributed by atoms with Gasteiger partial charge in [-0.2, -0.15) is 10.4 Å². The lowest BCUT2D eigenvalue weighted by molar-refractivity contribution is 0.827. The van der Waals surface area contributed by atoms with E-state index in [0.29, 0.717) is 11.3 Å². The molecular weight excluding hydrogens is 234 g/mol. The van der Waals surface area contributed by atoms with Gasteiger partial charge < -0.3 is 0 Å². The molecular formula is C13H12ClN3. The first-order valence-corrected chi connectivity index (χ1v) is 5.82. The molecule has 2 rings (SSSR count). The number of benzene rings is 1. The highest BCUT2D eigenvalue weighted by molar-refractivity contribution is 6.17. The van der Waals surface area contributed by atoms with E-state index >= 15 is 0 Å². The van der Waals surface area contributed by atoms with Crippen LogP contribution < -0.4 is 0 Å². The molecule has 4 heteroatoms. The Morgan fingerprint density at radius 2 is 1.94 bits per heavy atom. The molecule has 0 fully saturated rings. The second-order valence-corrected chi connectivity index (χ2v) is 4.17. The average Bonchev–Trinajstić information content (AvgIpc) is 2.66. The first-order chi connectivity index (χ1) is 8.17. The van der Waals surface area contributed by atoms with Crippen LogP contribution in [-0.2, 0) is 5.88 Å². The topological polar surface area (TPSA) is 41.6 Å². The molecule has 0 saturated carbocycles. The molecule has 1 aromatic carbocycles. The van der Waals surface area contributed by atoms with Crippen molar-refractivity contribution in [3.8, 4) is 11.8 Å². The van der Waals surface area contributed by atoms with Gasteiger partial charge in [0.25, 0.3) is 0 Å². The molecule has 0 N–H and O–H groups in total. The van der Waals surface area contributed by atoms with E-state index in [1.807, 2.05) is 38.1 Å². The van der Waals surface area contributed by atoms with Crippen LogP contribution in [0, 0.1) is 25.2 Å². The van der Waals surface area contributed by atoms with Crippen LogP contribution >= 0.6 is 11.6 Å². The van der Waals surface area contributed by atoms with Crippen molar-refractivity contribution < 1.29 is 0 Å². The van der Waals surface area contributed by atoms with Crippen LogP contribution in [0.15, 0.2) is 24.3 Å². The molecule has 17 heavy (non-hydrogen) atoms. The second-order valence-electron chi connectivity index (χ2n) is 3.90. The fourth-order valence-electron chi connectivity index (χ4n) is 1.74. The summed E-state index contributed by atoms with van der Waals surface area (Å²) in [4.78, 5) is 0. The average molecular weight is 246 g/mol. The summed E-state index contributed by atoms with van der Waals surface area (Å²) in [5, 5.41) is 13.4. The van der Waals surface area contributed by atoms with Gasteiger partial charge >= 0.3 is 0 Å². The molecule has 0 spiro atoms. The minimum Gasteiger partial charge on any atom is -0.235 e. The summed E-state index contributed by atoms with van der Waals surface area (Å²) in [6.07, 6.45) is 0. The molecule has 1 heterocycles. The number of hydrogen-bond acceptors (Lipinski definition) is 2. The van der Waals surface area contributed by atoms with Crippen LogP contribution in [0.5, 0.6) is 0 Å². The number of nitrogens with zero attached hydrogens (tertiary/aromatic N) is 3. The van der Waals surface area contributed by atoms with E-state index in [-0.39, 0.29) is 5.88 Å². The van der Waals surface area contributed by atoms with Crippen molar-refractivity contribution in [2.45, 2.75) is 19.7 Å². The number of aryl methyl sites for hydroxylation is 2. The molecule has 0 atom stereocenters. The van der Waals surface area contributed by atoms with Crippen LogP contribution in [0.1, 0.15) is 22.5 Å². The van der Waals surface area contributed by atoms with Crippen LogP contribution in [0.3, 0.4) is 0 Å². The van der Waals surface area contributed by atoms with Gasteiger partial charge in [-0.05, 0) is 26.0 Å². The van der Waals surface area contributed by atoms with Crippen molar-refractivity contribution in [3.05, 3.63) is 46.8 Å². The van der Waals surface area contributed by atoms with Crippen LogP contribution in [-0.4, -0.2) is 9.78 Å². The molecule has 0 aliphatic heterocycles. The minimum atomic E-state index is 0.275. The Morgan fingerprint density at radius 1 is 1.29 bits per heavy atom. The maximum Gasteiger partial charge on any atom is 0.103 e. The molecule has 3 nitrogen and oxygen atoms in total. The molecule has 0 bridgehead atoms. The Labute approximate surface area is 105 Å². The number of halogens is 1. The Kier molecular flexibility index (Phi) is 3.16. The quantitative estimate of drug-likeness (QED) is 0.763. The molecule has 86 valence electrons. The predicted octanol–water partition coefficient (Wildman–Crippen LogP) is 3.10. The summed E-state index contributed by atoms with van der Waals surface area (Å²) >= 11 is 5.90. The first-order valence-electron chi connectivity index (χ1n) is 5.29. The minimum absolute atomic E-state index is 0.275. The van der Waals surface area contributed by atoms with Crippen molar-refractivity contribution in [1.29, 1.82) is 5.26 Å². The van der Waals surface area contributed by atoms with E-state index in [1.54, 1.807) is 4.68 Å². The van der Waals surface area contributed by atoms with Gasteiger partial charge in [-0.1, -0.05) is 17.7 Å². The van der Waals surface area contributed by atoms with Gasteiger partial charge in [0.2, 0.25) is 0 Å². The maximum absolute atomic E-state index is 9.07. The molecule has 1 aromatic heterocycles. The van der Waals surface area contributed by atoms with Gasteiger partial charge in [0.05, 0.1) is 28.5 Å². The van der Waals surface area contributed by atoms with Gasteiger partial charge in [-0.25, -0.2) is 4.68 Å². The van der Waals surface area contributed by atoms with Crippen molar-refractivity contribution in [2.75, 3.05) is 0 Å². The van der Waals surface area contributed by atoms with Gasteiger partial charge in [-0.15, -0.1) is 11.6 Å². The van der Waals surface area contributed by atoms with E-state index in [1.165, 1.54) is 5.56 Å². The first kappa shape index (κ1) is 11.7. The fourth-order valence-corrected chi connectivity index (χ4v) is 1.99. The van der Waals surface area contributed by atoms with Crippen LogP contribution in [0.4, 0.5) is 0 Å². The number of aromatic nitrogens is 2. The van der Waals surface area contributed by atoms with Gasteiger partial charge in [0.1, 0.15) is 6.07 Å². The van der Waals surface area contributed by atoms with E-state index in [4.69, 9.17) is 16.9 Å². The monoisotopic (exact) mass is 245 g/mol. The summed E-state index contributed by atoms with van der Waals surface area (Å²) in [5.74, 6) is 0.275. The second kappa shape index (κ2) is 4.60. The lowest BCUT2D eigenvalue weighted by Crippen LogP contribution is -2.01. The summed E-state index contributed by atoms with van der Waals surface area (Å²) in [6, 6.07) is 10.1. The predicted molar refractivity (Wildman–Crippen MR) is 67.3 cm³/mol. The maximum atomic E-state index is 9.07. The Hall–Kier alpha value is -1.79. The molecule has 0 saturated heterocycles. The van der Waals surface area contributed by atoms with Crippen molar-refractivity contribution in [3.63, 3.8) is 0 Å².